The summed E-state index contributed by atoms with van der Waals surface area (Å²) in [6.45, 7) is -0.414. The molecule has 2 aliphatic heterocycles. The molecule has 0 radical (unpaired) electrons. The SMILES string of the molecule is CN1C(=O)[C@@H](N)CSSC[C@@H](C(=O)N2CCC[C@H]2C(=O)N[C@@H](CCCN=C(N)N)C(=O)NCC(N)=O)NC(=O)[C@H](CC(N)=O)NC(=O)C(CCC(N)=O)NC(=O)[C@H](Cc2ccccc2)N(C)C(=O)[C@@H]1Cc1ccccc1. The highest BCUT2D eigenvalue weighted by Crippen LogP contribution is 2.27. The standard InChI is InChI=1S/C48H69N15O11S2/c1-61-35(21-27-11-5-3-6-12-27)44(71)58-31(17-18-37(50)64)41(68)59-32(23-38(51)65)42(69)60-33(26-76-75-25-29(49)45(72)62(2)36(47(61)74)22-28-13-7-4-8-14-28)46(73)63-20-10-16-34(63)43(70)57-30(15-9-19-55-48(53)54)40(67)56-24-39(52)66/h3-8,11-14,29-36H,9-10,15-26,49H2,1-2H3,(H2,50,64)(H2,51,65)(H2,52,66)(H,56,67)(H,57,70)(H,58,71)(H,59,68)(H,60,69)(H4,53,54,55)/t29-,30-,31?,32-,33-,34-,35-,36-/m0/s1. The van der Waals surface area contributed by atoms with Crippen LogP contribution in [-0.4, -0.2) is 179 Å². The highest BCUT2D eigenvalue weighted by atomic mass is 33.1. The molecule has 11 amide bonds. The second-order valence-electron chi connectivity index (χ2n) is 18.2. The first-order chi connectivity index (χ1) is 36.1. The number of carbonyl (C=O) groups excluding carboxylic acids is 11. The van der Waals surface area contributed by atoms with Crippen LogP contribution in [0.1, 0.15) is 56.1 Å². The fourth-order valence-corrected chi connectivity index (χ4v) is 10.6. The Balaban J connectivity index is 1.75. The lowest BCUT2D eigenvalue weighted by Gasteiger charge is -2.36. The van der Waals surface area contributed by atoms with Crippen LogP contribution in [0.5, 0.6) is 0 Å². The fraction of sp³-hybridized carbons (Fsp3) is 0.500. The maximum atomic E-state index is 14.8. The number of amides is 11. The van der Waals surface area contributed by atoms with Crippen LogP contribution in [0.3, 0.4) is 0 Å². The lowest BCUT2D eigenvalue weighted by Crippen LogP contribution is -2.61. The van der Waals surface area contributed by atoms with Gasteiger partial charge in [-0.25, -0.2) is 0 Å². The van der Waals surface area contributed by atoms with Gasteiger partial charge in [0.25, 0.3) is 0 Å². The molecule has 17 N–H and O–H groups in total. The van der Waals surface area contributed by atoms with Gasteiger partial charge in [-0.1, -0.05) is 82.3 Å². The van der Waals surface area contributed by atoms with Gasteiger partial charge in [-0.15, -0.1) is 0 Å². The summed E-state index contributed by atoms with van der Waals surface area (Å²) in [5.74, 6) is -9.84. The molecule has 28 heteroatoms. The van der Waals surface area contributed by atoms with Gasteiger partial charge in [0.2, 0.25) is 65.0 Å². The zero-order valence-corrected chi connectivity index (χ0v) is 44.0. The molecule has 2 aromatic carbocycles. The van der Waals surface area contributed by atoms with E-state index in [0.29, 0.717) is 17.5 Å². The summed E-state index contributed by atoms with van der Waals surface area (Å²) in [6.07, 6.45) is -1.07. The average Bonchev–Trinajstić information content (AvgIpc) is 3.88. The van der Waals surface area contributed by atoms with Crippen molar-refractivity contribution in [2.45, 2.75) is 106 Å². The van der Waals surface area contributed by atoms with E-state index in [0.717, 1.165) is 21.6 Å². The smallest absolute Gasteiger partial charge is 0.246 e. The number of nitrogens with one attached hydrogen (secondary N) is 5. The molecule has 2 heterocycles. The van der Waals surface area contributed by atoms with Gasteiger partial charge in [-0.2, -0.15) is 0 Å². The molecule has 76 heavy (non-hydrogen) atoms. The van der Waals surface area contributed by atoms with Crippen molar-refractivity contribution >= 4 is 92.5 Å². The van der Waals surface area contributed by atoms with Crippen LogP contribution >= 0.6 is 21.6 Å². The summed E-state index contributed by atoms with van der Waals surface area (Å²) < 4.78 is 0. The molecule has 2 aromatic rings. The Hall–Kier alpha value is -7.46. The molecule has 0 bridgehead atoms. The van der Waals surface area contributed by atoms with E-state index in [1.54, 1.807) is 60.7 Å². The van der Waals surface area contributed by atoms with E-state index in [2.05, 4.69) is 31.6 Å². The van der Waals surface area contributed by atoms with Crippen LogP contribution < -0.4 is 61.0 Å². The van der Waals surface area contributed by atoms with Gasteiger partial charge in [0.1, 0.15) is 42.3 Å². The molecule has 0 aliphatic carbocycles. The van der Waals surface area contributed by atoms with Crippen molar-refractivity contribution in [3.05, 3.63) is 71.8 Å². The molecule has 2 fully saturated rings. The summed E-state index contributed by atoms with van der Waals surface area (Å²) >= 11 is 0. The van der Waals surface area contributed by atoms with Crippen molar-refractivity contribution in [2.24, 2.45) is 39.4 Å². The number of likely N-dealkylation sites (tertiary alicyclic amines) is 1. The second kappa shape index (κ2) is 30.2. The molecule has 0 spiro atoms. The van der Waals surface area contributed by atoms with E-state index in [9.17, 15) is 52.7 Å². The Labute approximate surface area is 447 Å². The molecule has 2 aliphatic rings. The predicted octanol–water partition coefficient (Wildman–Crippen LogP) is -4.43. The van der Waals surface area contributed by atoms with E-state index in [1.807, 2.05) is 0 Å². The lowest BCUT2D eigenvalue weighted by molar-refractivity contribution is -0.148. The third-order valence-corrected chi connectivity index (χ3v) is 14.9. The first-order valence-corrected chi connectivity index (χ1v) is 26.9. The van der Waals surface area contributed by atoms with Crippen LogP contribution in [0.4, 0.5) is 0 Å². The fourth-order valence-electron chi connectivity index (χ4n) is 8.38. The topological polar surface area (TPSA) is 426 Å². The van der Waals surface area contributed by atoms with Crippen LogP contribution in [0.2, 0.25) is 0 Å². The van der Waals surface area contributed by atoms with Gasteiger partial charge < -0.3 is 75.7 Å². The molecular weight excluding hydrogens is 1030 g/mol. The maximum absolute atomic E-state index is 14.8. The zero-order valence-electron chi connectivity index (χ0n) is 42.4. The quantitative estimate of drug-likeness (QED) is 0.0274. The van der Waals surface area contributed by atoms with E-state index in [1.165, 1.54) is 28.8 Å². The number of carbonyl (C=O) groups is 11. The molecule has 2 saturated heterocycles. The number of aliphatic imine (C=N–C) groups is 1. The van der Waals surface area contributed by atoms with Crippen molar-refractivity contribution in [1.82, 2.24) is 41.3 Å². The average molecular weight is 1100 g/mol. The van der Waals surface area contributed by atoms with Crippen LogP contribution in [0, 0.1) is 0 Å². The highest BCUT2D eigenvalue weighted by molar-refractivity contribution is 8.76. The predicted molar refractivity (Wildman–Crippen MR) is 283 cm³/mol. The van der Waals surface area contributed by atoms with E-state index < -0.39 is 139 Å². The minimum atomic E-state index is -1.78. The monoisotopic (exact) mass is 1100 g/mol. The number of hydrogen-bond donors (Lipinski definition) is 11. The summed E-state index contributed by atoms with van der Waals surface area (Å²) in [6, 6.07) is 6.44. The molecule has 4 rings (SSSR count). The van der Waals surface area contributed by atoms with Crippen molar-refractivity contribution in [2.75, 3.05) is 45.2 Å². The molecule has 26 nitrogen and oxygen atoms in total. The van der Waals surface area contributed by atoms with Crippen molar-refractivity contribution in [3.63, 3.8) is 0 Å². The number of hydrogen-bond acceptors (Lipinski definition) is 15. The number of benzene rings is 2. The lowest BCUT2D eigenvalue weighted by atomic mass is 9.99. The summed E-state index contributed by atoms with van der Waals surface area (Å²) in [5.41, 5.74) is 34.9. The zero-order chi connectivity index (χ0) is 56.1. The molecule has 8 atom stereocenters. The van der Waals surface area contributed by atoms with Crippen molar-refractivity contribution in [3.8, 4) is 0 Å². The van der Waals surface area contributed by atoms with E-state index in [4.69, 9.17) is 34.4 Å². The maximum Gasteiger partial charge on any atom is 0.246 e. The number of primary amides is 3. The number of rotatable bonds is 19. The summed E-state index contributed by atoms with van der Waals surface area (Å²) in [7, 11) is 4.88. The van der Waals surface area contributed by atoms with Gasteiger partial charge in [-0.3, -0.25) is 57.7 Å². The second-order valence-corrected chi connectivity index (χ2v) is 20.8. The summed E-state index contributed by atoms with van der Waals surface area (Å²) in [5, 5.41) is 12.6. The third-order valence-electron chi connectivity index (χ3n) is 12.5. The molecule has 414 valence electrons. The van der Waals surface area contributed by atoms with Crippen LogP contribution in [0.15, 0.2) is 65.7 Å². The Morgan fingerprint density at radius 3 is 1.89 bits per heavy atom. The Bertz CT molecular complexity index is 2440. The van der Waals surface area contributed by atoms with Crippen LogP contribution in [0.25, 0.3) is 0 Å². The number of nitrogens with zero attached hydrogens (tertiary/aromatic N) is 4. The molecule has 0 saturated carbocycles. The minimum Gasteiger partial charge on any atom is -0.370 e. The number of guanidine groups is 1. The van der Waals surface area contributed by atoms with E-state index in [-0.39, 0.29) is 62.7 Å². The first-order valence-electron chi connectivity index (χ1n) is 24.4. The molecule has 1 unspecified atom stereocenters. The molecular formula is C48H69N15O11S2. The summed E-state index contributed by atoms with van der Waals surface area (Å²) in [4.78, 5) is 158. The van der Waals surface area contributed by atoms with Gasteiger partial charge in [0.15, 0.2) is 5.96 Å². The third kappa shape index (κ3) is 19.0. The number of nitrogens with two attached hydrogens (primary N) is 6. The first kappa shape index (κ1) is 61.1. The Morgan fingerprint density at radius 1 is 0.724 bits per heavy atom. The Morgan fingerprint density at radius 2 is 1.30 bits per heavy atom. The van der Waals surface area contributed by atoms with Gasteiger partial charge >= 0.3 is 0 Å². The number of likely N-dealkylation sites (N-methyl/N-ethyl adjacent to an activating group) is 2. The highest BCUT2D eigenvalue weighted by Gasteiger charge is 2.42. The molecule has 0 aromatic heterocycles. The van der Waals surface area contributed by atoms with Crippen molar-refractivity contribution < 1.29 is 52.7 Å². The minimum absolute atomic E-state index is 0.00696. The van der Waals surface area contributed by atoms with Gasteiger partial charge in [0.05, 0.1) is 19.0 Å². The van der Waals surface area contributed by atoms with Crippen LogP contribution in [-0.2, 0) is 65.6 Å². The van der Waals surface area contributed by atoms with E-state index >= 15 is 0 Å². The largest absolute Gasteiger partial charge is 0.370 e. The Kier molecular flexibility index (Phi) is 24.3. The van der Waals surface area contributed by atoms with Gasteiger partial charge in [0, 0.05) is 58.0 Å². The van der Waals surface area contributed by atoms with Crippen molar-refractivity contribution in [1.29, 1.82) is 0 Å². The van der Waals surface area contributed by atoms with Gasteiger partial charge in [-0.05, 0) is 43.2 Å². The normalized spacial score (nSPS) is 22.8.